The molecule has 0 unspecified atom stereocenters. The van der Waals surface area contributed by atoms with Crippen molar-refractivity contribution in [3.63, 3.8) is 0 Å². The molecular formula is C23H18ClN3O3. The van der Waals surface area contributed by atoms with Crippen LogP contribution >= 0.6 is 11.6 Å². The van der Waals surface area contributed by atoms with E-state index in [2.05, 4.69) is 15.5 Å². The number of ether oxygens (including phenoxy) is 1. The number of anilines is 1. The number of nitrogens with zero attached hydrogens (tertiary/aromatic N) is 2. The molecule has 150 valence electrons. The van der Waals surface area contributed by atoms with E-state index in [1.165, 1.54) is 0 Å². The Balaban J connectivity index is 1.37. The second kappa shape index (κ2) is 8.80. The van der Waals surface area contributed by atoms with Crippen LogP contribution in [0, 0.1) is 6.92 Å². The highest BCUT2D eigenvalue weighted by molar-refractivity contribution is 6.30. The molecule has 0 aliphatic rings. The highest BCUT2D eigenvalue weighted by Gasteiger charge is 2.11. The van der Waals surface area contributed by atoms with Crippen LogP contribution in [0.1, 0.15) is 5.56 Å². The number of aromatic nitrogens is 2. The third kappa shape index (κ3) is 4.67. The number of carbonyl (C=O) groups is 1. The molecule has 0 spiro atoms. The molecule has 6 nitrogen and oxygen atoms in total. The van der Waals surface area contributed by atoms with E-state index in [-0.39, 0.29) is 12.5 Å². The number of hydrogen-bond acceptors (Lipinski definition) is 5. The van der Waals surface area contributed by atoms with E-state index < -0.39 is 0 Å². The average molecular weight is 420 g/mol. The molecule has 0 fully saturated rings. The van der Waals surface area contributed by atoms with Crippen LogP contribution in [0.3, 0.4) is 0 Å². The summed E-state index contributed by atoms with van der Waals surface area (Å²) in [5, 5.41) is 11.6. The second-order valence-corrected chi connectivity index (χ2v) is 7.04. The monoisotopic (exact) mass is 419 g/mol. The minimum Gasteiger partial charge on any atom is -0.483 e. The number of rotatable bonds is 6. The zero-order valence-corrected chi connectivity index (χ0v) is 16.9. The van der Waals surface area contributed by atoms with Crippen molar-refractivity contribution in [1.82, 2.24) is 10.2 Å². The van der Waals surface area contributed by atoms with Crippen molar-refractivity contribution in [3.05, 3.63) is 83.4 Å². The first kappa shape index (κ1) is 19.7. The molecule has 0 radical (unpaired) electrons. The summed E-state index contributed by atoms with van der Waals surface area (Å²) in [6, 6.07) is 22.0. The third-order valence-corrected chi connectivity index (χ3v) is 4.59. The van der Waals surface area contributed by atoms with E-state index in [9.17, 15) is 4.79 Å². The number of nitrogens with one attached hydrogen (secondary N) is 1. The SMILES string of the molecule is Cc1cc(Cl)ccc1OCC(=O)Nc1ccc(-c2nnc(-c3ccccc3)o2)cc1. The topological polar surface area (TPSA) is 77.2 Å². The second-order valence-electron chi connectivity index (χ2n) is 6.60. The molecule has 1 N–H and O–H groups in total. The lowest BCUT2D eigenvalue weighted by atomic mass is 10.2. The van der Waals surface area contributed by atoms with Crippen molar-refractivity contribution in [2.75, 3.05) is 11.9 Å². The van der Waals surface area contributed by atoms with Crippen molar-refractivity contribution in [2.24, 2.45) is 0 Å². The summed E-state index contributed by atoms with van der Waals surface area (Å²) in [4.78, 5) is 12.2. The Morgan fingerprint density at radius 3 is 2.30 bits per heavy atom. The summed E-state index contributed by atoms with van der Waals surface area (Å²) in [7, 11) is 0. The van der Waals surface area contributed by atoms with Gasteiger partial charge in [-0.1, -0.05) is 29.8 Å². The molecule has 0 aliphatic carbocycles. The van der Waals surface area contributed by atoms with Crippen molar-refractivity contribution in [1.29, 1.82) is 0 Å². The van der Waals surface area contributed by atoms with Crippen LogP contribution in [0.4, 0.5) is 5.69 Å². The van der Waals surface area contributed by atoms with E-state index in [0.29, 0.717) is 28.2 Å². The van der Waals surface area contributed by atoms with Crippen molar-refractivity contribution < 1.29 is 13.9 Å². The fraction of sp³-hybridized carbons (Fsp3) is 0.0870. The molecule has 3 aromatic carbocycles. The van der Waals surface area contributed by atoms with Gasteiger partial charge in [0.05, 0.1) is 0 Å². The molecule has 1 heterocycles. The molecule has 0 aliphatic heterocycles. The fourth-order valence-electron chi connectivity index (χ4n) is 2.85. The fourth-order valence-corrected chi connectivity index (χ4v) is 3.08. The van der Waals surface area contributed by atoms with Crippen LogP contribution in [0.15, 0.2) is 77.2 Å². The summed E-state index contributed by atoms with van der Waals surface area (Å²) in [5.74, 6) is 1.22. The molecule has 1 amide bonds. The summed E-state index contributed by atoms with van der Waals surface area (Å²) in [5.41, 5.74) is 3.13. The smallest absolute Gasteiger partial charge is 0.262 e. The molecule has 0 atom stereocenters. The van der Waals surface area contributed by atoms with Gasteiger partial charge in [-0.3, -0.25) is 4.79 Å². The van der Waals surface area contributed by atoms with Gasteiger partial charge in [0.1, 0.15) is 5.75 Å². The standard InChI is InChI=1S/C23H18ClN3O3/c1-15-13-18(24)9-12-20(15)29-14-21(28)25-19-10-7-17(8-11-19)23-27-26-22(30-23)16-5-3-2-4-6-16/h2-13H,14H2,1H3,(H,25,28). The molecule has 4 rings (SSSR count). The van der Waals surface area contributed by atoms with Gasteiger partial charge >= 0.3 is 0 Å². The van der Waals surface area contributed by atoms with Crippen LogP contribution in [-0.4, -0.2) is 22.7 Å². The average Bonchev–Trinajstić information content (AvgIpc) is 3.25. The van der Waals surface area contributed by atoms with Gasteiger partial charge in [-0.2, -0.15) is 0 Å². The third-order valence-electron chi connectivity index (χ3n) is 4.36. The van der Waals surface area contributed by atoms with Crippen LogP contribution in [0.25, 0.3) is 22.9 Å². The lowest BCUT2D eigenvalue weighted by molar-refractivity contribution is -0.118. The Bertz CT molecular complexity index is 1160. The zero-order chi connectivity index (χ0) is 20.9. The Kier molecular flexibility index (Phi) is 5.77. The highest BCUT2D eigenvalue weighted by Crippen LogP contribution is 2.25. The molecule has 30 heavy (non-hydrogen) atoms. The maximum atomic E-state index is 12.2. The molecule has 1 aromatic heterocycles. The number of carbonyl (C=O) groups excluding carboxylic acids is 1. The van der Waals surface area contributed by atoms with E-state index in [4.69, 9.17) is 20.8 Å². The van der Waals surface area contributed by atoms with Gasteiger partial charge in [-0.15, -0.1) is 10.2 Å². The van der Waals surface area contributed by atoms with Crippen LogP contribution in [0.5, 0.6) is 5.75 Å². The highest BCUT2D eigenvalue weighted by atomic mass is 35.5. The zero-order valence-electron chi connectivity index (χ0n) is 16.1. The minimum atomic E-state index is -0.263. The quantitative estimate of drug-likeness (QED) is 0.453. The molecule has 0 bridgehead atoms. The largest absolute Gasteiger partial charge is 0.483 e. The van der Waals surface area contributed by atoms with E-state index in [0.717, 1.165) is 16.7 Å². The Labute approximate surface area is 178 Å². The summed E-state index contributed by atoms with van der Waals surface area (Å²) in [6.07, 6.45) is 0. The number of benzene rings is 3. The number of aryl methyl sites for hydroxylation is 1. The first-order valence-corrected chi connectivity index (χ1v) is 9.64. The van der Waals surface area contributed by atoms with Gasteiger partial charge in [0.25, 0.3) is 5.91 Å². The number of amides is 1. The Morgan fingerprint density at radius 2 is 1.63 bits per heavy atom. The van der Waals surface area contributed by atoms with Crippen molar-refractivity contribution in [3.8, 4) is 28.7 Å². The minimum absolute atomic E-state index is 0.103. The van der Waals surface area contributed by atoms with Gasteiger partial charge in [-0.25, -0.2) is 0 Å². The van der Waals surface area contributed by atoms with Crippen molar-refractivity contribution >= 4 is 23.2 Å². The predicted octanol–water partition coefficient (Wildman–Crippen LogP) is 5.38. The summed E-state index contributed by atoms with van der Waals surface area (Å²) < 4.78 is 11.3. The van der Waals surface area contributed by atoms with Gasteiger partial charge in [0.2, 0.25) is 11.8 Å². The van der Waals surface area contributed by atoms with E-state index in [1.54, 1.807) is 30.3 Å². The lowest BCUT2D eigenvalue weighted by Gasteiger charge is -2.10. The van der Waals surface area contributed by atoms with Gasteiger partial charge in [0.15, 0.2) is 6.61 Å². The van der Waals surface area contributed by atoms with Gasteiger partial charge in [0, 0.05) is 21.8 Å². The van der Waals surface area contributed by atoms with Gasteiger partial charge in [-0.05, 0) is 67.1 Å². The summed E-state index contributed by atoms with van der Waals surface area (Å²) >= 11 is 5.93. The normalized spacial score (nSPS) is 10.6. The van der Waals surface area contributed by atoms with Crippen molar-refractivity contribution in [2.45, 2.75) is 6.92 Å². The first-order valence-electron chi connectivity index (χ1n) is 9.27. The Hall–Kier alpha value is -3.64. The first-order chi connectivity index (χ1) is 14.6. The maximum Gasteiger partial charge on any atom is 0.262 e. The van der Waals surface area contributed by atoms with E-state index >= 15 is 0 Å². The molecule has 4 aromatic rings. The lowest BCUT2D eigenvalue weighted by Crippen LogP contribution is -2.20. The molecular weight excluding hydrogens is 402 g/mol. The van der Waals surface area contributed by atoms with E-state index in [1.807, 2.05) is 49.4 Å². The number of hydrogen-bond donors (Lipinski definition) is 1. The molecule has 0 saturated carbocycles. The van der Waals surface area contributed by atoms with Gasteiger partial charge < -0.3 is 14.5 Å². The predicted molar refractivity (Wildman–Crippen MR) is 115 cm³/mol. The van der Waals surface area contributed by atoms with Crippen LogP contribution in [-0.2, 0) is 4.79 Å². The molecule has 7 heteroatoms. The molecule has 0 saturated heterocycles. The maximum absolute atomic E-state index is 12.2. The van der Waals surface area contributed by atoms with Crippen LogP contribution in [0.2, 0.25) is 5.02 Å². The van der Waals surface area contributed by atoms with Crippen LogP contribution < -0.4 is 10.1 Å². The summed E-state index contributed by atoms with van der Waals surface area (Å²) in [6.45, 7) is 1.77. The number of halogens is 1. The Morgan fingerprint density at radius 1 is 0.967 bits per heavy atom.